The van der Waals surface area contributed by atoms with Crippen LogP contribution >= 0.6 is 0 Å². The largest absolute Gasteiger partial charge is 0.459 e. The Morgan fingerprint density at radius 1 is 0.979 bits per heavy atom. The minimum atomic E-state index is -1.00. The van der Waals surface area contributed by atoms with E-state index < -0.39 is 34.7 Å². The Morgan fingerprint density at radius 2 is 1.71 bits per heavy atom. The highest BCUT2D eigenvalue weighted by molar-refractivity contribution is 5.93. The maximum atomic E-state index is 13.7. The van der Waals surface area contributed by atoms with E-state index in [-0.39, 0.29) is 37.3 Å². The fourth-order valence-electron chi connectivity index (χ4n) is 5.94. The molecule has 0 bridgehead atoms. The summed E-state index contributed by atoms with van der Waals surface area (Å²) in [6, 6.07) is 10.2. The average molecular weight is 662 g/mol. The van der Waals surface area contributed by atoms with Gasteiger partial charge in [-0.05, 0) is 108 Å². The zero-order valence-electron chi connectivity index (χ0n) is 28.3. The quantitative estimate of drug-likeness (QED) is 0.216. The molecule has 1 amide bonds. The highest BCUT2D eigenvalue weighted by Crippen LogP contribution is 2.39. The first-order valence-corrected chi connectivity index (χ1v) is 15.9. The van der Waals surface area contributed by atoms with E-state index >= 15 is 0 Å². The van der Waals surface area contributed by atoms with Crippen molar-refractivity contribution in [1.29, 1.82) is 0 Å². The Bertz CT molecular complexity index is 1880. The molecule has 1 aliphatic rings. The molecule has 5 rings (SSSR count). The normalized spacial score (nSPS) is 14.7. The number of benzene rings is 2. The highest BCUT2D eigenvalue weighted by atomic mass is 19.2. The molecule has 1 aliphatic carbocycles. The van der Waals surface area contributed by atoms with Gasteiger partial charge in [-0.15, -0.1) is 0 Å². The van der Waals surface area contributed by atoms with Crippen molar-refractivity contribution >= 4 is 23.5 Å². The third-order valence-electron chi connectivity index (χ3n) is 7.94. The van der Waals surface area contributed by atoms with Crippen LogP contribution in [0.2, 0.25) is 0 Å². The van der Waals surface area contributed by atoms with Crippen molar-refractivity contribution in [2.75, 3.05) is 6.54 Å². The summed E-state index contributed by atoms with van der Waals surface area (Å²) in [6.07, 6.45) is 2.95. The molecule has 2 aromatic carbocycles. The van der Waals surface area contributed by atoms with Gasteiger partial charge in [0.2, 0.25) is 0 Å². The molecule has 0 spiro atoms. The van der Waals surface area contributed by atoms with Gasteiger partial charge in [0, 0.05) is 25.2 Å². The van der Waals surface area contributed by atoms with E-state index in [1.165, 1.54) is 6.07 Å². The van der Waals surface area contributed by atoms with Gasteiger partial charge in [-0.1, -0.05) is 12.1 Å². The second-order valence-electron chi connectivity index (χ2n) is 14.0. The Balaban J connectivity index is 1.46. The van der Waals surface area contributed by atoms with Crippen LogP contribution in [0.15, 0.2) is 48.7 Å². The predicted octanol–water partition coefficient (Wildman–Crippen LogP) is 6.03. The Labute approximate surface area is 278 Å². The molecule has 1 N–H and O–H groups in total. The molecule has 254 valence electrons. The lowest BCUT2D eigenvalue weighted by Crippen LogP contribution is -2.37. The molecule has 0 saturated carbocycles. The fourth-order valence-corrected chi connectivity index (χ4v) is 5.94. The summed E-state index contributed by atoms with van der Waals surface area (Å²) in [5.74, 6) is -3.28. The van der Waals surface area contributed by atoms with Crippen LogP contribution in [-0.4, -0.2) is 55.1 Å². The molecule has 12 heteroatoms. The van der Waals surface area contributed by atoms with Gasteiger partial charge in [0.15, 0.2) is 17.3 Å². The molecule has 0 unspecified atom stereocenters. The second kappa shape index (κ2) is 13.4. The number of amides is 1. The van der Waals surface area contributed by atoms with Crippen molar-refractivity contribution < 1.29 is 32.6 Å². The number of hydrogen-bond donors (Lipinski definition) is 1. The van der Waals surface area contributed by atoms with Gasteiger partial charge in [-0.25, -0.2) is 23.1 Å². The highest BCUT2D eigenvalue weighted by Gasteiger charge is 2.34. The first-order chi connectivity index (χ1) is 22.5. The fraction of sp³-hybridized carbons (Fsp3) is 0.417. The molecular weight excluding hydrogens is 620 g/mol. The number of ether oxygens (including phenoxy) is 2. The third kappa shape index (κ3) is 8.04. The van der Waals surface area contributed by atoms with Crippen molar-refractivity contribution in [2.24, 2.45) is 0 Å². The molecule has 0 fully saturated rings. The number of carbonyl (C=O) groups is 3. The molecule has 0 saturated heterocycles. The van der Waals surface area contributed by atoms with E-state index in [0.29, 0.717) is 35.3 Å². The summed E-state index contributed by atoms with van der Waals surface area (Å²) in [5.41, 5.74) is 3.58. The number of aromatic nitrogens is 3. The summed E-state index contributed by atoms with van der Waals surface area (Å²) >= 11 is 0. The first kappa shape index (κ1) is 34.6. The van der Waals surface area contributed by atoms with Crippen LogP contribution in [0.25, 0.3) is 5.65 Å². The summed E-state index contributed by atoms with van der Waals surface area (Å²) in [7, 11) is 0. The molecular formula is C36H41F2N5O5. The van der Waals surface area contributed by atoms with Gasteiger partial charge in [0.1, 0.15) is 16.9 Å². The molecule has 48 heavy (non-hydrogen) atoms. The molecule has 1 atom stereocenters. The Morgan fingerprint density at radius 3 is 2.40 bits per heavy atom. The first-order valence-electron chi connectivity index (χ1n) is 15.9. The smallest absolute Gasteiger partial charge is 0.338 e. The molecule has 2 aromatic heterocycles. The predicted molar refractivity (Wildman–Crippen MR) is 174 cm³/mol. The van der Waals surface area contributed by atoms with Crippen molar-refractivity contribution in [3.63, 3.8) is 0 Å². The topological polar surface area (TPSA) is 115 Å². The van der Waals surface area contributed by atoms with Crippen molar-refractivity contribution in [2.45, 2.75) is 91.6 Å². The van der Waals surface area contributed by atoms with E-state index in [9.17, 15) is 23.2 Å². The van der Waals surface area contributed by atoms with Crippen LogP contribution in [0.5, 0.6) is 0 Å². The monoisotopic (exact) mass is 661 g/mol. The van der Waals surface area contributed by atoms with Crippen LogP contribution in [-0.2, 0) is 33.8 Å². The zero-order valence-corrected chi connectivity index (χ0v) is 28.3. The van der Waals surface area contributed by atoms with Crippen molar-refractivity contribution in [3.05, 3.63) is 99.5 Å². The standard InChI is InChI=1S/C36H41F2N5O5/c1-21-24-11-13-30(26(24)10-9-25(21)34(46)48-36(5,6)7)42(20-32(44)47-35(2,3)4)19-23-17-29(41-31-14-15-40-43(23)31)33(45)39-18-22-8-12-27(37)28(38)16-22/h8-10,12,14-17,30H,11,13,18-20H2,1-7H3,(H,39,45)/t30-/m0/s1. The number of carbonyl (C=O) groups excluding carboxylic acids is 3. The van der Waals surface area contributed by atoms with E-state index in [1.807, 2.05) is 59.4 Å². The van der Waals surface area contributed by atoms with Gasteiger partial charge in [0.25, 0.3) is 5.91 Å². The third-order valence-corrected chi connectivity index (χ3v) is 7.94. The van der Waals surface area contributed by atoms with Gasteiger partial charge in [-0.3, -0.25) is 14.5 Å². The van der Waals surface area contributed by atoms with Gasteiger partial charge in [0.05, 0.1) is 24.0 Å². The lowest BCUT2D eigenvalue weighted by molar-refractivity contribution is -0.157. The zero-order chi connectivity index (χ0) is 35.0. The summed E-state index contributed by atoms with van der Waals surface area (Å²) in [6.45, 7) is 13.0. The number of nitrogens with one attached hydrogen (secondary N) is 1. The lowest BCUT2D eigenvalue weighted by atomic mass is 9.97. The molecule has 10 nitrogen and oxygen atoms in total. The minimum Gasteiger partial charge on any atom is -0.459 e. The van der Waals surface area contributed by atoms with Crippen molar-refractivity contribution in [1.82, 2.24) is 24.8 Å². The van der Waals surface area contributed by atoms with Crippen LogP contribution < -0.4 is 5.32 Å². The molecule has 0 radical (unpaired) electrons. The Kier molecular flexibility index (Phi) is 9.68. The maximum absolute atomic E-state index is 13.7. The molecule has 0 aliphatic heterocycles. The molecule has 2 heterocycles. The second-order valence-corrected chi connectivity index (χ2v) is 14.0. The summed E-state index contributed by atoms with van der Waals surface area (Å²) in [5, 5.41) is 7.13. The van der Waals surface area contributed by atoms with Crippen LogP contribution in [0.4, 0.5) is 8.78 Å². The van der Waals surface area contributed by atoms with Gasteiger partial charge >= 0.3 is 11.9 Å². The number of rotatable bonds is 9. The summed E-state index contributed by atoms with van der Waals surface area (Å²) < 4.78 is 40.0. The van der Waals surface area contributed by atoms with Gasteiger partial charge in [-0.2, -0.15) is 5.10 Å². The SMILES string of the molecule is Cc1c(C(=O)OC(C)(C)C)ccc2c1CC[C@@H]2N(CC(=O)OC(C)(C)C)Cc1cc(C(=O)NCc2ccc(F)c(F)c2)nc2ccnn12. The van der Waals surface area contributed by atoms with Crippen LogP contribution in [0, 0.1) is 18.6 Å². The number of hydrogen-bond acceptors (Lipinski definition) is 8. The average Bonchev–Trinajstić information content (AvgIpc) is 3.63. The number of fused-ring (bicyclic) bond motifs is 2. The lowest BCUT2D eigenvalue weighted by Gasteiger charge is -2.30. The van der Waals surface area contributed by atoms with E-state index in [1.54, 1.807) is 28.9 Å². The molecule has 4 aromatic rings. The Hall–Kier alpha value is -4.71. The number of esters is 2. The van der Waals surface area contributed by atoms with Crippen LogP contribution in [0.1, 0.15) is 103 Å². The number of halogens is 2. The van der Waals surface area contributed by atoms with Crippen molar-refractivity contribution in [3.8, 4) is 0 Å². The van der Waals surface area contributed by atoms with E-state index in [0.717, 1.165) is 28.8 Å². The number of nitrogens with zero attached hydrogens (tertiary/aromatic N) is 4. The van der Waals surface area contributed by atoms with Gasteiger partial charge < -0.3 is 14.8 Å². The minimum absolute atomic E-state index is 0.0360. The van der Waals surface area contributed by atoms with E-state index in [4.69, 9.17) is 9.47 Å². The van der Waals surface area contributed by atoms with Crippen LogP contribution in [0.3, 0.4) is 0 Å². The summed E-state index contributed by atoms with van der Waals surface area (Å²) in [4.78, 5) is 45.9. The van der Waals surface area contributed by atoms with E-state index in [2.05, 4.69) is 15.4 Å². The maximum Gasteiger partial charge on any atom is 0.338 e.